The summed E-state index contributed by atoms with van der Waals surface area (Å²) in [6, 6.07) is 0.357. The van der Waals surface area contributed by atoms with Crippen molar-refractivity contribution in [2.75, 3.05) is 32.7 Å². The van der Waals surface area contributed by atoms with Gasteiger partial charge in [0.2, 0.25) is 0 Å². The molecule has 1 unspecified atom stereocenters. The first kappa shape index (κ1) is 9.67. The summed E-state index contributed by atoms with van der Waals surface area (Å²) in [6.45, 7) is 3.91. The van der Waals surface area contributed by atoms with E-state index in [-0.39, 0.29) is 6.03 Å². The van der Waals surface area contributed by atoms with Gasteiger partial charge in [0.25, 0.3) is 0 Å². The molecule has 2 aliphatic heterocycles. The van der Waals surface area contributed by atoms with Crippen molar-refractivity contribution in [3.63, 3.8) is 0 Å². The molecule has 0 aromatic rings. The first-order chi connectivity index (χ1) is 6.66. The van der Waals surface area contributed by atoms with Gasteiger partial charge >= 0.3 is 6.03 Å². The lowest BCUT2D eigenvalue weighted by atomic mass is 10.2. The fraction of sp³-hybridized carbons (Fsp3) is 0.750. The summed E-state index contributed by atoms with van der Waals surface area (Å²) < 4.78 is 0. The van der Waals surface area contributed by atoms with Crippen LogP contribution in [0.15, 0.2) is 0 Å². The van der Waals surface area contributed by atoms with Crippen LogP contribution in [-0.2, 0) is 0 Å². The van der Waals surface area contributed by atoms with Gasteiger partial charge in [0.05, 0.1) is 11.0 Å². The summed E-state index contributed by atoms with van der Waals surface area (Å²) >= 11 is 4.86. The molecule has 2 rings (SSSR count). The van der Waals surface area contributed by atoms with E-state index in [4.69, 9.17) is 18.0 Å². The number of nitrogens with one attached hydrogen (secondary N) is 1. The number of rotatable bonds is 2. The maximum atomic E-state index is 11.3. The van der Waals surface area contributed by atoms with Crippen molar-refractivity contribution in [3.05, 3.63) is 0 Å². The third-order valence-electron chi connectivity index (χ3n) is 2.70. The Balaban J connectivity index is 1.92. The molecular weight excluding hydrogens is 200 g/mol. The van der Waals surface area contributed by atoms with Gasteiger partial charge in [-0.05, 0) is 0 Å². The highest BCUT2D eigenvalue weighted by atomic mass is 32.1. The van der Waals surface area contributed by atoms with Crippen LogP contribution in [0.1, 0.15) is 0 Å². The van der Waals surface area contributed by atoms with Crippen LogP contribution in [-0.4, -0.2) is 59.6 Å². The summed E-state index contributed by atoms with van der Waals surface area (Å²) in [4.78, 5) is 15.9. The van der Waals surface area contributed by atoms with Crippen LogP contribution in [0.2, 0.25) is 0 Å². The first-order valence-electron chi connectivity index (χ1n) is 4.72. The third kappa shape index (κ3) is 1.80. The summed E-state index contributed by atoms with van der Waals surface area (Å²) in [6.07, 6.45) is 0. The number of nitrogens with two attached hydrogens (primary N) is 1. The van der Waals surface area contributed by atoms with E-state index in [0.29, 0.717) is 17.6 Å². The van der Waals surface area contributed by atoms with Crippen LogP contribution in [0.3, 0.4) is 0 Å². The van der Waals surface area contributed by atoms with Gasteiger partial charge in [0.1, 0.15) is 0 Å². The summed E-state index contributed by atoms with van der Waals surface area (Å²) in [5.41, 5.74) is 5.48. The van der Waals surface area contributed by atoms with Crippen molar-refractivity contribution >= 4 is 23.2 Å². The van der Waals surface area contributed by atoms with Gasteiger partial charge in [0, 0.05) is 32.7 Å². The second-order valence-corrected chi connectivity index (χ2v) is 4.26. The van der Waals surface area contributed by atoms with Crippen LogP contribution in [0.25, 0.3) is 0 Å². The first-order valence-corrected chi connectivity index (χ1v) is 5.13. The second-order valence-electron chi connectivity index (χ2n) is 3.73. The number of amides is 2. The number of fused-ring (bicyclic) bond motifs is 1. The summed E-state index contributed by atoms with van der Waals surface area (Å²) in [5.74, 6) is 0. The van der Waals surface area contributed by atoms with Crippen LogP contribution in [0.4, 0.5) is 4.79 Å². The van der Waals surface area contributed by atoms with E-state index < -0.39 is 0 Å². The maximum Gasteiger partial charge on any atom is 0.317 e. The highest BCUT2D eigenvalue weighted by Gasteiger charge is 2.35. The molecule has 0 spiro atoms. The van der Waals surface area contributed by atoms with E-state index in [2.05, 4.69) is 10.2 Å². The predicted molar refractivity (Wildman–Crippen MR) is 57.1 cm³/mol. The van der Waals surface area contributed by atoms with Crippen molar-refractivity contribution in [2.24, 2.45) is 5.73 Å². The molecule has 2 heterocycles. The van der Waals surface area contributed by atoms with E-state index in [1.54, 1.807) is 0 Å². The monoisotopic (exact) mass is 214 g/mol. The molecule has 0 bridgehead atoms. The Morgan fingerprint density at radius 2 is 2.43 bits per heavy atom. The Hall–Kier alpha value is -0.880. The number of carbonyl (C=O) groups excluding carboxylic acids is 1. The molecule has 0 aromatic carbocycles. The number of hydrogen-bond donors (Lipinski definition) is 2. The largest absolute Gasteiger partial charge is 0.392 e. The van der Waals surface area contributed by atoms with Crippen molar-refractivity contribution in [1.82, 2.24) is 15.1 Å². The fourth-order valence-electron chi connectivity index (χ4n) is 2.03. The molecule has 2 amide bonds. The molecule has 0 aliphatic carbocycles. The minimum absolute atomic E-state index is 0.0602. The fourth-order valence-corrected chi connectivity index (χ4v) is 2.21. The molecule has 2 saturated heterocycles. The molecule has 14 heavy (non-hydrogen) atoms. The molecule has 2 aliphatic rings. The molecule has 0 radical (unpaired) electrons. The van der Waals surface area contributed by atoms with Gasteiger partial charge in [-0.2, -0.15) is 0 Å². The smallest absolute Gasteiger partial charge is 0.317 e. The molecule has 3 N–H and O–H groups in total. The number of thiocarbonyl (C=S) groups is 1. The highest BCUT2D eigenvalue weighted by molar-refractivity contribution is 7.80. The lowest BCUT2D eigenvalue weighted by molar-refractivity contribution is 0.133. The van der Waals surface area contributed by atoms with Gasteiger partial charge in [-0.1, -0.05) is 12.2 Å². The standard InChI is InChI=1S/C8H14N4OS/c9-7(14)5-11-1-2-12-6(4-11)3-10-8(12)13/h6H,1-5H2,(H2,9,14)(H,10,13). The lowest BCUT2D eigenvalue weighted by Crippen LogP contribution is -2.53. The van der Waals surface area contributed by atoms with Crippen molar-refractivity contribution in [3.8, 4) is 0 Å². The molecular formula is C8H14N4OS. The number of nitrogens with zero attached hydrogens (tertiary/aromatic N) is 2. The summed E-state index contributed by atoms with van der Waals surface area (Å²) in [5, 5.41) is 2.83. The number of urea groups is 1. The molecule has 5 nitrogen and oxygen atoms in total. The highest BCUT2D eigenvalue weighted by Crippen LogP contribution is 2.13. The van der Waals surface area contributed by atoms with Gasteiger partial charge in [-0.15, -0.1) is 0 Å². The van der Waals surface area contributed by atoms with E-state index in [0.717, 1.165) is 26.2 Å². The quantitative estimate of drug-likeness (QED) is 0.578. The average molecular weight is 214 g/mol. The van der Waals surface area contributed by atoms with Gasteiger partial charge in [-0.3, -0.25) is 4.90 Å². The average Bonchev–Trinajstić information content (AvgIpc) is 2.46. The third-order valence-corrected chi connectivity index (χ3v) is 2.83. The Morgan fingerprint density at radius 1 is 1.64 bits per heavy atom. The van der Waals surface area contributed by atoms with Crippen LogP contribution >= 0.6 is 12.2 Å². The number of hydrogen-bond acceptors (Lipinski definition) is 3. The van der Waals surface area contributed by atoms with Crippen LogP contribution in [0, 0.1) is 0 Å². The Morgan fingerprint density at radius 3 is 3.14 bits per heavy atom. The zero-order valence-corrected chi connectivity index (χ0v) is 8.72. The van der Waals surface area contributed by atoms with Crippen LogP contribution in [0.5, 0.6) is 0 Å². The van der Waals surface area contributed by atoms with E-state index >= 15 is 0 Å². The lowest BCUT2D eigenvalue weighted by Gasteiger charge is -2.36. The number of carbonyl (C=O) groups is 1. The molecule has 0 aromatic heterocycles. The Labute approximate surface area is 88.2 Å². The van der Waals surface area contributed by atoms with Gasteiger partial charge in [-0.25, -0.2) is 4.79 Å². The zero-order valence-electron chi connectivity index (χ0n) is 7.90. The van der Waals surface area contributed by atoms with E-state index in [1.165, 1.54) is 0 Å². The van der Waals surface area contributed by atoms with Crippen molar-refractivity contribution in [1.29, 1.82) is 0 Å². The Kier molecular flexibility index (Phi) is 2.56. The topological polar surface area (TPSA) is 61.6 Å². The summed E-state index contributed by atoms with van der Waals surface area (Å²) in [7, 11) is 0. The predicted octanol–water partition coefficient (Wildman–Crippen LogP) is -1.02. The van der Waals surface area contributed by atoms with Gasteiger partial charge < -0.3 is 16.0 Å². The van der Waals surface area contributed by atoms with E-state index in [9.17, 15) is 4.79 Å². The number of piperazine rings is 1. The normalized spacial score (nSPS) is 27.3. The molecule has 0 saturated carbocycles. The minimum Gasteiger partial charge on any atom is -0.392 e. The maximum absolute atomic E-state index is 11.3. The molecule has 1 atom stereocenters. The Bertz CT molecular complexity index is 270. The molecule has 78 valence electrons. The van der Waals surface area contributed by atoms with Crippen molar-refractivity contribution < 1.29 is 4.79 Å². The van der Waals surface area contributed by atoms with E-state index in [1.807, 2.05) is 4.90 Å². The minimum atomic E-state index is 0.0602. The second kappa shape index (κ2) is 3.70. The van der Waals surface area contributed by atoms with Gasteiger partial charge in [0.15, 0.2) is 0 Å². The SMILES string of the molecule is NC(=S)CN1CCN2C(=O)NCC2C1. The van der Waals surface area contributed by atoms with Crippen molar-refractivity contribution in [2.45, 2.75) is 6.04 Å². The zero-order chi connectivity index (χ0) is 10.1. The molecule has 2 fully saturated rings. The van der Waals surface area contributed by atoms with Crippen LogP contribution < -0.4 is 11.1 Å². The molecule has 6 heteroatoms.